The van der Waals surface area contributed by atoms with E-state index in [0.717, 1.165) is 5.01 Å². The predicted molar refractivity (Wildman–Crippen MR) is 84.3 cm³/mol. The molecule has 1 heterocycles. The Morgan fingerprint density at radius 3 is 2.70 bits per heavy atom. The molecule has 1 aromatic carbocycles. The summed E-state index contributed by atoms with van der Waals surface area (Å²) >= 11 is 0. The minimum Gasteiger partial charge on any atom is -0.383 e. The van der Waals surface area contributed by atoms with Crippen molar-refractivity contribution in [2.45, 2.75) is 25.8 Å². The highest BCUT2D eigenvalue weighted by Gasteiger charge is 2.46. The van der Waals surface area contributed by atoms with Crippen molar-refractivity contribution in [3.63, 3.8) is 0 Å². The fourth-order valence-electron chi connectivity index (χ4n) is 2.13. The number of hydrogen-bond acceptors (Lipinski definition) is 6. The van der Waals surface area contributed by atoms with E-state index in [-0.39, 0.29) is 5.69 Å². The number of nitrogens with one attached hydrogen (secondary N) is 2. The third kappa shape index (κ3) is 2.98. The van der Waals surface area contributed by atoms with Gasteiger partial charge in [-0.25, -0.2) is 4.79 Å². The molecule has 3 amide bonds. The number of carbonyl (C=O) groups excluding carboxylic acids is 2. The summed E-state index contributed by atoms with van der Waals surface area (Å²) in [6.45, 7) is 3.40. The standard InChI is InChI=1S/C14H17N5O4/c1-4-14(2)12(20)18(13(21)17-14)16-8-9-5-6-10(15-3)11(7-9)19(22)23/h5-8,15H,4H2,1-3H3,(H,17,21)/b16-8+. The van der Waals surface area contributed by atoms with Crippen LogP contribution in [-0.4, -0.2) is 40.7 Å². The van der Waals surface area contributed by atoms with Crippen LogP contribution in [0.25, 0.3) is 0 Å². The van der Waals surface area contributed by atoms with Gasteiger partial charge in [0.1, 0.15) is 11.2 Å². The summed E-state index contributed by atoms with van der Waals surface area (Å²) < 4.78 is 0. The van der Waals surface area contributed by atoms with Gasteiger partial charge in [0.2, 0.25) is 0 Å². The van der Waals surface area contributed by atoms with E-state index in [0.29, 0.717) is 17.7 Å². The lowest BCUT2D eigenvalue weighted by Crippen LogP contribution is -2.42. The Bertz CT molecular complexity index is 702. The van der Waals surface area contributed by atoms with Crippen molar-refractivity contribution in [1.82, 2.24) is 10.3 Å². The molecule has 1 aromatic rings. The molecule has 23 heavy (non-hydrogen) atoms. The fourth-order valence-corrected chi connectivity index (χ4v) is 2.13. The van der Waals surface area contributed by atoms with Gasteiger partial charge in [-0.2, -0.15) is 5.10 Å². The Kier molecular flexibility index (Phi) is 4.30. The van der Waals surface area contributed by atoms with Gasteiger partial charge < -0.3 is 10.6 Å². The van der Waals surface area contributed by atoms with Gasteiger partial charge in [0.25, 0.3) is 11.6 Å². The second-order valence-corrected chi connectivity index (χ2v) is 5.26. The summed E-state index contributed by atoms with van der Waals surface area (Å²) in [6, 6.07) is 3.82. The van der Waals surface area contributed by atoms with Gasteiger partial charge in [-0.1, -0.05) is 13.0 Å². The highest BCUT2D eigenvalue weighted by molar-refractivity contribution is 6.07. The second kappa shape index (κ2) is 6.03. The van der Waals surface area contributed by atoms with Crippen molar-refractivity contribution < 1.29 is 14.5 Å². The summed E-state index contributed by atoms with van der Waals surface area (Å²) in [4.78, 5) is 34.5. The highest BCUT2D eigenvalue weighted by atomic mass is 16.6. The third-order valence-corrected chi connectivity index (χ3v) is 3.76. The van der Waals surface area contributed by atoms with Crippen molar-refractivity contribution >= 4 is 29.5 Å². The Balaban J connectivity index is 2.27. The molecule has 2 rings (SSSR count). The first-order valence-electron chi connectivity index (χ1n) is 6.99. The van der Waals surface area contributed by atoms with E-state index >= 15 is 0 Å². The van der Waals surface area contributed by atoms with E-state index in [2.05, 4.69) is 15.7 Å². The number of nitro groups is 1. The van der Waals surface area contributed by atoms with Crippen LogP contribution in [0.4, 0.5) is 16.2 Å². The maximum atomic E-state index is 12.2. The fraction of sp³-hybridized carbons (Fsp3) is 0.357. The molecule has 9 heteroatoms. The zero-order valence-corrected chi connectivity index (χ0v) is 13.0. The van der Waals surface area contributed by atoms with Crippen molar-refractivity contribution in [3.05, 3.63) is 33.9 Å². The lowest BCUT2D eigenvalue weighted by molar-refractivity contribution is -0.383. The predicted octanol–water partition coefficient (Wildman–Crippen LogP) is 1.69. The minimum absolute atomic E-state index is 0.118. The molecule has 0 spiro atoms. The van der Waals surface area contributed by atoms with E-state index in [1.165, 1.54) is 18.3 Å². The summed E-state index contributed by atoms with van der Waals surface area (Å²) in [6.07, 6.45) is 1.68. The van der Waals surface area contributed by atoms with Crippen LogP contribution in [0.1, 0.15) is 25.8 Å². The molecule has 2 N–H and O–H groups in total. The topological polar surface area (TPSA) is 117 Å². The number of rotatable bonds is 5. The maximum absolute atomic E-state index is 12.2. The number of nitrogens with zero attached hydrogens (tertiary/aromatic N) is 3. The van der Waals surface area contributed by atoms with Gasteiger partial charge >= 0.3 is 6.03 Å². The number of amides is 3. The third-order valence-electron chi connectivity index (χ3n) is 3.76. The number of urea groups is 1. The summed E-state index contributed by atoms with van der Waals surface area (Å²) in [5.74, 6) is -0.456. The molecule has 1 aliphatic heterocycles. The average Bonchev–Trinajstić information content (AvgIpc) is 2.75. The number of hydrazone groups is 1. The van der Waals surface area contributed by atoms with Gasteiger partial charge in [0.15, 0.2) is 0 Å². The second-order valence-electron chi connectivity index (χ2n) is 5.26. The Labute approximate surface area is 132 Å². The Morgan fingerprint density at radius 1 is 1.48 bits per heavy atom. The molecule has 1 aliphatic rings. The quantitative estimate of drug-likeness (QED) is 0.371. The first-order chi connectivity index (χ1) is 10.8. The monoisotopic (exact) mass is 319 g/mol. The van der Waals surface area contributed by atoms with Crippen molar-refractivity contribution in [3.8, 4) is 0 Å². The van der Waals surface area contributed by atoms with Crippen LogP contribution >= 0.6 is 0 Å². The average molecular weight is 319 g/mol. The van der Waals surface area contributed by atoms with Crippen molar-refractivity contribution in [2.24, 2.45) is 5.10 Å². The van der Waals surface area contributed by atoms with Gasteiger partial charge in [-0.05, 0) is 19.4 Å². The number of benzene rings is 1. The number of hydrogen-bond donors (Lipinski definition) is 2. The molecular formula is C14H17N5O4. The first kappa shape index (κ1) is 16.4. The number of anilines is 1. The van der Waals surface area contributed by atoms with Crippen LogP contribution < -0.4 is 10.6 Å². The van der Waals surface area contributed by atoms with Crippen LogP contribution in [0, 0.1) is 10.1 Å². The molecule has 1 atom stereocenters. The zero-order valence-electron chi connectivity index (χ0n) is 13.0. The summed E-state index contributed by atoms with van der Waals surface area (Å²) in [5, 5.41) is 20.9. The molecular weight excluding hydrogens is 302 g/mol. The molecule has 9 nitrogen and oxygen atoms in total. The van der Waals surface area contributed by atoms with Gasteiger partial charge in [0, 0.05) is 18.7 Å². The van der Waals surface area contributed by atoms with E-state index in [4.69, 9.17) is 0 Å². The van der Waals surface area contributed by atoms with Crippen molar-refractivity contribution in [2.75, 3.05) is 12.4 Å². The van der Waals surface area contributed by atoms with Crippen LogP contribution in [-0.2, 0) is 4.79 Å². The molecule has 122 valence electrons. The largest absolute Gasteiger partial charge is 0.383 e. The summed E-state index contributed by atoms with van der Waals surface area (Å²) in [5.41, 5.74) is -0.328. The van der Waals surface area contributed by atoms with Gasteiger partial charge in [-0.15, -0.1) is 5.01 Å². The normalized spacial score (nSPS) is 20.9. The van der Waals surface area contributed by atoms with E-state index in [1.807, 2.05) is 0 Å². The minimum atomic E-state index is -0.976. The SMILES string of the molecule is CCC1(C)NC(=O)N(/N=C/c2ccc(NC)c([N+](=O)[O-])c2)C1=O. The molecule has 1 unspecified atom stereocenters. The molecule has 0 aliphatic carbocycles. The van der Waals surface area contributed by atoms with Gasteiger partial charge in [-0.3, -0.25) is 14.9 Å². The number of carbonyl (C=O) groups is 2. The number of nitro benzene ring substituents is 1. The molecule has 0 bridgehead atoms. The lowest BCUT2D eigenvalue weighted by Gasteiger charge is -2.17. The number of imide groups is 1. The molecule has 0 radical (unpaired) electrons. The molecule has 1 saturated heterocycles. The van der Waals surface area contributed by atoms with Crippen LogP contribution in [0.3, 0.4) is 0 Å². The molecule has 0 saturated carbocycles. The van der Waals surface area contributed by atoms with Crippen LogP contribution in [0.5, 0.6) is 0 Å². The Hall–Kier alpha value is -2.97. The van der Waals surface area contributed by atoms with Crippen LogP contribution in [0.15, 0.2) is 23.3 Å². The van der Waals surface area contributed by atoms with Crippen LogP contribution in [0.2, 0.25) is 0 Å². The Morgan fingerprint density at radius 2 is 2.17 bits per heavy atom. The van der Waals surface area contributed by atoms with Gasteiger partial charge in [0.05, 0.1) is 11.1 Å². The van der Waals surface area contributed by atoms with E-state index in [9.17, 15) is 19.7 Å². The van der Waals surface area contributed by atoms with Crippen molar-refractivity contribution in [1.29, 1.82) is 0 Å². The first-order valence-corrected chi connectivity index (χ1v) is 6.99. The summed E-state index contributed by atoms with van der Waals surface area (Å²) in [7, 11) is 1.58. The highest BCUT2D eigenvalue weighted by Crippen LogP contribution is 2.25. The van der Waals surface area contributed by atoms with E-state index < -0.39 is 22.4 Å². The zero-order chi connectivity index (χ0) is 17.2. The molecule has 0 aromatic heterocycles. The smallest absolute Gasteiger partial charge is 0.346 e. The maximum Gasteiger partial charge on any atom is 0.346 e. The molecule has 1 fully saturated rings. The van der Waals surface area contributed by atoms with E-state index in [1.54, 1.807) is 27.0 Å². The lowest BCUT2D eigenvalue weighted by atomic mass is 10.00.